The van der Waals surface area contributed by atoms with E-state index in [0.29, 0.717) is 23.3 Å². The number of thioether (sulfide) groups is 1. The SMILES string of the molecule is N#CC(C(N)=O)=C1CCSc2ccc(S(=O)(=O)O)cc21.[Na]. The number of fused-ring (bicyclic) bond motifs is 1. The van der Waals surface area contributed by atoms with E-state index in [9.17, 15) is 13.2 Å². The Morgan fingerprint density at radius 3 is 2.62 bits per heavy atom. The smallest absolute Gasteiger partial charge is 0.294 e. The van der Waals surface area contributed by atoms with Gasteiger partial charge in [-0.15, -0.1) is 11.8 Å². The number of primary amides is 1. The van der Waals surface area contributed by atoms with Gasteiger partial charge < -0.3 is 5.73 Å². The van der Waals surface area contributed by atoms with Crippen LogP contribution in [0.3, 0.4) is 0 Å². The zero-order chi connectivity index (χ0) is 14.9. The molecule has 6 nitrogen and oxygen atoms in total. The third-order valence-electron chi connectivity index (χ3n) is 2.84. The molecule has 0 aromatic heterocycles. The summed E-state index contributed by atoms with van der Waals surface area (Å²) in [4.78, 5) is 11.8. The molecule has 0 atom stereocenters. The van der Waals surface area contributed by atoms with Crippen molar-refractivity contribution in [2.24, 2.45) is 5.73 Å². The Hall–Kier alpha value is -0.820. The van der Waals surface area contributed by atoms with Crippen LogP contribution in [-0.2, 0) is 14.9 Å². The van der Waals surface area contributed by atoms with Crippen molar-refractivity contribution < 1.29 is 17.8 Å². The van der Waals surface area contributed by atoms with Crippen molar-refractivity contribution in [2.75, 3.05) is 5.75 Å². The van der Waals surface area contributed by atoms with Crippen LogP contribution in [0.1, 0.15) is 12.0 Å². The van der Waals surface area contributed by atoms with Crippen molar-refractivity contribution in [1.82, 2.24) is 0 Å². The zero-order valence-electron chi connectivity index (χ0n) is 11.2. The molecule has 1 amide bonds. The van der Waals surface area contributed by atoms with Crippen LogP contribution in [0.4, 0.5) is 0 Å². The van der Waals surface area contributed by atoms with E-state index < -0.39 is 16.0 Å². The second-order valence-corrected chi connectivity index (χ2v) is 6.62. The van der Waals surface area contributed by atoms with Crippen LogP contribution < -0.4 is 5.73 Å². The molecule has 3 N–H and O–H groups in total. The maximum atomic E-state index is 11.3. The second kappa shape index (κ2) is 6.96. The average molecular weight is 333 g/mol. The van der Waals surface area contributed by atoms with Crippen molar-refractivity contribution in [3.63, 3.8) is 0 Å². The molecule has 1 aromatic carbocycles. The molecule has 0 unspecified atom stereocenters. The summed E-state index contributed by atoms with van der Waals surface area (Å²) in [6.45, 7) is 0. The molecule has 0 aliphatic carbocycles. The summed E-state index contributed by atoms with van der Waals surface area (Å²) in [5.41, 5.74) is 5.85. The average Bonchev–Trinajstić information content (AvgIpc) is 2.37. The Morgan fingerprint density at radius 2 is 2.10 bits per heavy atom. The first-order valence-electron chi connectivity index (χ1n) is 5.52. The van der Waals surface area contributed by atoms with E-state index in [2.05, 4.69) is 0 Å². The number of rotatable bonds is 2. The molecular weight excluding hydrogens is 323 g/mol. The molecule has 0 bridgehead atoms. The van der Waals surface area contributed by atoms with E-state index in [-0.39, 0.29) is 40.0 Å². The quantitative estimate of drug-likeness (QED) is 0.357. The maximum absolute atomic E-state index is 11.3. The first-order valence-corrected chi connectivity index (χ1v) is 7.95. The Balaban J connectivity index is 0.00000220. The molecule has 1 radical (unpaired) electrons. The predicted molar refractivity (Wildman–Crippen MR) is 79.1 cm³/mol. The summed E-state index contributed by atoms with van der Waals surface area (Å²) >= 11 is 1.48. The molecule has 105 valence electrons. The minimum atomic E-state index is -4.34. The normalized spacial score (nSPS) is 16.2. The number of hydrogen-bond donors (Lipinski definition) is 2. The van der Waals surface area contributed by atoms with Crippen LogP contribution in [0, 0.1) is 11.3 Å². The van der Waals surface area contributed by atoms with Gasteiger partial charge >= 0.3 is 0 Å². The summed E-state index contributed by atoms with van der Waals surface area (Å²) in [6, 6.07) is 5.83. The number of hydrogen-bond acceptors (Lipinski definition) is 5. The van der Waals surface area contributed by atoms with E-state index in [0.717, 1.165) is 4.90 Å². The number of carbonyl (C=O) groups is 1. The van der Waals surface area contributed by atoms with E-state index in [1.807, 2.05) is 0 Å². The molecule has 2 rings (SSSR count). The molecule has 0 fully saturated rings. The number of nitriles is 1. The van der Waals surface area contributed by atoms with Crippen LogP contribution >= 0.6 is 11.8 Å². The van der Waals surface area contributed by atoms with Gasteiger partial charge in [-0.1, -0.05) is 0 Å². The van der Waals surface area contributed by atoms with Gasteiger partial charge in [-0.3, -0.25) is 9.35 Å². The first-order chi connectivity index (χ1) is 9.34. The van der Waals surface area contributed by atoms with Crippen molar-refractivity contribution in [1.29, 1.82) is 5.26 Å². The first kappa shape index (κ1) is 18.2. The minimum Gasteiger partial charge on any atom is -0.365 e. The van der Waals surface area contributed by atoms with Gasteiger partial charge in [0.2, 0.25) is 0 Å². The fraction of sp³-hybridized carbons (Fsp3) is 0.167. The van der Waals surface area contributed by atoms with Crippen LogP contribution in [0.5, 0.6) is 0 Å². The summed E-state index contributed by atoms with van der Waals surface area (Å²) < 4.78 is 31.4. The molecule has 1 aliphatic heterocycles. The van der Waals surface area contributed by atoms with Gasteiger partial charge in [-0.25, -0.2) is 0 Å². The Bertz CT molecular complexity index is 766. The van der Waals surface area contributed by atoms with Crippen molar-refractivity contribution in [3.05, 3.63) is 29.3 Å². The van der Waals surface area contributed by atoms with Crippen molar-refractivity contribution in [2.45, 2.75) is 16.2 Å². The van der Waals surface area contributed by atoms with Crippen LogP contribution in [0.15, 0.2) is 33.6 Å². The fourth-order valence-corrected chi connectivity index (χ4v) is 3.49. The molecule has 0 spiro atoms. The summed E-state index contributed by atoms with van der Waals surface area (Å²) in [5, 5.41) is 9.02. The van der Waals surface area contributed by atoms with Gasteiger partial charge in [0.1, 0.15) is 11.6 Å². The van der Waals surface area contributed by atoms with Gasteiger partial charge in [0.25, 0.3) is 16.0 Å². The Kier molecular flexibility index (Phi) is 6.04. The maximum Gasteiger partial charge on any atom is 0.294 e. The van der Waals surface area contributed by atoms with Gasteiger partial charge in [-0.05, 0) is 35.8 Å². The van der Waals surface area contributed by atoms with Crippen LogP contribution in [-0.4, -0.2) is 54.2 Å². The third-order valence-corrected chi connectivity index (χ3v) is 4.77. The second-order valence-electron chi connectivity index (χ2n) is 4.06. The summed E-state index contributed by atoms with van der Waals surface area (Å²) in [7, 11) is -4.34. The zero-order valence-corrected chi connectivity index (χ0v) is 14.8. The summed E-state index contributed by atoms with van der Waals surface area (Å²) in [6.07, 6.45) is 0.429. The number of benzene rings is 1. The topological polar surface area (TPSA) is 121 Å². The van der Waals surface area contributed by atoms with Gasteiger partial charge in [0, 0.05) is 40.2 Å². The van der Waals surface area contributed by atoms with E-state index in [1.54, 1.807) is 6.07 Å². The van der Waals surface area contributed by atoms with Gasteiger partial charge in [0.15, 0.2) is 0 Å². The predicted octanol–water partition coefficient (Wildman–Crippen LogP) is 0.811. The van der Waals surface area contributed by atoms with Crippen molar-refractivity contribution in [3.8, 4) is 6.07 Å². The molecule has 0 saturated heterocycles. The number of allylic oxidation sites excluding steroid dienone is 1. The number of carbonyl (C=O) groups excluding carboxylic acids is 1. The Labute approximate surface area is 148 Å². The monoisotopic (exact) mass is 333 g/mol. The standard InChI is InChI=1S/C12H10N2O4S2.Na/c13-6-10(12(14)15)8-3-4-19-11-2-1-7(5-9(8)11)20(16,17)18;/h1-2,5H,3-4H2,(H2,14,15)(H,16,17,18);. The van der Waals surface area contributed by atoms with E-state index in [1.165, 1.54) is 30.0 Å². The largest absolute Gasteiger partial charge is 0.365 e. The van der Waals surface area contributed by atoms with Gasteiger partial charge in [0.05, 0.1) is 4.90 Å². The molecule has 1 aromatic rings. The van der Waals surface area contributed by atoms with E-state index >= 15 is 0 Å². The van der Waals surface area contributed by atoms with Crippen LogP contribution in [0.2, 0.25) is 0 Å². The third kappa shape index (κ3) is 3.88. The number of nitrogens with two attached hydrogens (primary N) is 1. The number of nitrogens with zero attached hydrogens (tertiary/aromatic N) is 1. The molecule has 0 saturated carbocycles. The van der Waals surface area contributed by atoms with Crippen molar-refractivity contribution >= 4 is 62.9 Å². The van der Waals surface area contributed by atoms with Crippen LogP contribution in [0.25, 0.3) is 5.57 Å². The molecule has 1 aliphatic rings. The molecule has 1 heterocycles. The van der Waals surface area contributed by atoms with Gasteiger partial charge in [-0.2, -0.15) is 13.7 Å². The number of amides is 1. The van der Waals surface area contributed by atoms with E-state index in [4.69, 9.17) is 15.5 Å². The summed E-state index contributed by atoms with van der Waals surface area (Å²) in [5.74, 6) is -0.191. The fourth-order valence-electron chi connectivity index (χ4n) is 1.96. The Morgan fingerprint density at radius 1 is 1.43 bits per heavy atom. The minimum absolute atomic E-state index is 0. The molecular formula is C12H10N2NaO4S2. The molecule has 21 heavy (non-hydrogen) atoms. The molecule has 9 heteroatoms.